The monoisotopic (exact) mass is 268 g/mol. The summed E-state index contributed by atoms with van der Waals surface area (Å²) in [4.78, 5) is 2.49. The van der Waals surface area contributed by atoms with Gasteiger partial charge >= 0.3 is 0 Å². The van der Waals surface area contributed by atoms with Crippen LogP contribution in [-0.2, 0) is 6.54 Å². The standard InChI is InChI=1S/C18H24N2/c1-20(18-8-4-7-17(18)12-19)13-14-9-10-15-5-2-3-6-16(15)11-14/h2-3,5-6,9-11,17-18H,4,7-8,12-13,19H2,1H3. The highest BCUT2D eigenvalue weighted by Gasteiger charge is 2.29. The van der Waals surface area contributed by atoms with Gasteiger partial charge in [0.25, 0.3) is 0 Å². The minimum absolute atomic E-state index is 0.659. The molecule has 0 bridgehead atoms. The van der Waals surface area contributed by atoms with Gasteiger partial charge in [0, 0.05) is 12.6 Å². The van der Waals surface area contributed by atoms with E-state index < -0.39 is 0 Å². The molecule has 2 nitrogen and oxygen atoms in total. The Morgan fingerprint density at radius 1 is 1.10 bits per heavy atom. The fourth-order valence-corrected chi connectivity index (χ4v) is 3.61. The summed E-state index contributed by atoms with van der Waals surface area (Å²) in [6.45, 7) is 1.85. The van der Waals surface area contributed by atoms with Gasteiger partial charge in [-0.2, -0.15) is 0 Å². The van der Waals surface area contributed by atoms with E-state index in [0.717, 1.165) is 13.1 Å². The lowest BCUT2D eigenvalue weighted by Crippen LogP contribution is -2.37. The van der Waals surface area contributed by atoms with Gasteiger partial charge in [0.1, 0.15) is 0 Å². The number of fused-ring (bicyclic) bond motifs is 1. The maximum Gasteiger partial charge on any atom is 0.0233 e. The van der Waals surface area contributed by atoms with E-state index in [4.69, 9.17) is 5.73 Å². The second-order valence-electron chi connectivity index (χ2n) is 6.09. The number of rotatable bonds is 4. The van der Waals surface area contributed by atoms with Gasteiger partial charge in [0.15, 0.2) is 0 Å². The summed E-state index contributed by atoms with van der Waals surface area (Å²) in [5, 5.41) is 2.65. The number of nitrogens with zero attached hydrogens (tertiary/aromatic N) is 1. The van der Waals surface area contributed by atoms with Crippen molar-refractivity contribution in [2.45, 2.75) is 31.8 Å². The zero-order chi connectivity index (χ0) is 13.9. The van der Waals surface area contributed by atoms with Crippen molar-refractivity contribution in [3.05, 3.63) is 48.0 Å². The van der Waals surface area contributed by atoms with Crippen LogP contribution < -0.4 is 5.73 Å². The van der Waals surface area contributed by atoms with Crippen LogP contribution in [0.1, 0.15) is 24.8 Å². The summed E-state index contributed by atoms with van der Waals surface area (Å²) >= 11 is 0. The van der Waals surface area contributed by atoms with Crippen LogP contribution in [0.25, 0.3) is 10.8 Å². The van der Waals surface area contributed by atoms with Crippen LogP contribution in [0.2, 0.25) is 0 Å². The van der Waals surface area contributed by atoms with Crippen molar-refractivity contribution >= 4 is 10.8 Å². The number of hydrogen-bond acceptors (Lipinski definition) is 2. The number of nitrogens with two attached hydrogens (primary N) is 1. The first kappa shape index (κ1) is 13.6. The fraction of sp³-hybridized carbons (Fsp3) is 0.444. The molecule has 2 N–H and O–H groups in total. The molecule has 0 spiro atoms. The summed E-state index contributed by atoms with van der Waals surface area (Å²) in [7, 11) is 2.24. The maximum absolute atomic E-state index is 5.90. The van der Waals surface area contributed by atoms with Gasteiger partial charge in [-0.05, 0) is 54.8 Å². The van der Waals surface area contributed by atoms with E-state index in [0.29, 0.717) is 12.0 Å². The van der Waals surface area contributed by atoms with E-state index >= 15 is 0 Å². The van der Waals surface area contributed by atoms with Crippen LogP contribution in [0, 0.1) is 5.92 Å². The topological polar surface area (TPSA) is 29.3 Å². The third-order valence-electron chi connectivity index (χ3n) is 4.73. The van der Waals surface area contributed by atoms with Gasteiger partial charge in [-0.1, -0.05) is 42.8 Å². The molecular weight excluding hydrogens is 244 g/mol. The summed E-state index contributed by atoms with van der Waals surface area (Å²) in [6.07, 6.45) is 3.92. The Kier molecular flexibility index (Phi) is 4.04. The molecule has 2 unspecified atom stereocenters. The van der Waals surface area contributed by atoms with Crippen LogP contribution in [-0.4, -0.2) is 24.5 Å². The second kappa shape index (κ2) is 5.94. The summed E-state index contributed by atoms with van der Waals surface area (Å²) in [6, 6.07) is 16.0. The second-order valence-corrected chi connectivity index (χ2v) is 6.09. The van der Waals surface area contributed by atoms with Crippen molar-refractivity contribution in [1.82, 2.24) is 4.90 Å². The average molecular weight is 268 g/mol. The molecule has 2 aromatic carbocycles. The van der Waals surface area contributed by atoms with Crippen LogP contribution in [0.3, 0.4) is 0 Å². The molecular formula is C18H24N2. The van der Waals surface area contributed by atoms with Crippen LogP contribution in [0.5, 0.6) is 0 Å². The molecule has 2 heteroatoms. The zero-order valence-corrected chi connectivity index (χ0v) is 12.3. The van der Waals surface area contributed by atoms with Gasteiger partial charge in [-0.25, -0.2) is 0 Å². The highest BCUT2D eigenvalue weighted by molar-refractivity contribution is 5.82. The van der Waals surface area contributed by atoms with Gasteiger partial charge in [-0.15, -0.1) is 0 Å². The number of benzene rings is 2. The molecule has 106 valence electrons. The smallest absolute Gasteiger partial charge is 0.0233 e. The highest BCUT2D eigenvalue weighted by atomic mass is 15.1. The molecule has 1 aliphatic rings. The van der Waals surface area contributed by atoms with Crippen molar-refractivity contribution in [2.24, 2.45) is 11.7 Å². The normalized spacial score (nSPS) is 22.8. The maximum atomic E-state index is 5.90. The van der Waals surface area contributed by atoms with E-state index in [9.17, 15) is 0 Å². The molecule has 0 aromatic heterocycles. The Bertz CT molecular complexity index is 578. The Morgan fingerprint density at radius 2 is 1.90 bits per heavy atom. The minimum Gasteiger partial charge on any atom is -0.330 e. The van der Waals surface area contributed by atoms with Crippen molar-refractivity contribution in [3.63, 3.8) is 0 Å². The predicted molar refractivity (Wildman–Crippen MR) is 85.6 cm³/mol. The third-order valence-corrected chi connectivity index (χ3v) is 4.73. The minimum atomic E-state index is 0.659. The molecule has 0 amide bonds. The first-order chi connectivity index (χ1) is 9.78. The van der Waals surface area contributed by atoms with Crippen molar-refractivity contribution in [1.29, 1.82) is 0 Å². The largest absolute Gasteiger partial charge is 0.330 e. The molecule has 0 saturated heterocycles. The van der Waals surface area contributed by atoms with Crippen LogP contribution in [0.4, 0.5) is 0 Å². The molecule has 2 aromatic rings. The Labute approximate surface area is 121 Å². The summed E-state index contributed by atoms with van der Waals surface area (Å²) in [5.74, 6) is 0.681. The fourth-order valence-electron chi connectivity index (χ4n) is 3.61. The average Bonchev–Trinajstić information content (AvgIpc) is 2.95. The Morgan fingerprint density at radius 3 is 2.70 bits per heavy atom. The molecule has 0 radical (unpaired) electrons. The van der Waals surface area contributed by atoms with Crippen molar-refractivity contribution in [2.75, 3.05) is 13.6 Å². The van der Waals surface area contributed by atoms with Gasteiger partial charge in [0.2, 0.25) is 0 Å². The Hall–Kier alpha value is -1.38. The van der Waals surface area contributed by atoms with E-state index in [1.54, 1.807) is 0 Å². The highest BCUT2D eigenvalue weighted by Crippen LogP contribution is 2.29. The zero-order valence-electron chi connectivity index (χ0n) is 12.3. The van der Waals surface area contributed by atoms with Gasteiger partial charge in [-0.3, -0.25) is 4.90 Å². The number of hydrogen-bond donors (Lipinski definition) is 1. The molecule has 0 aliphatic heterocycles. The van der Waals surface area contributed by atoms with Gasteiger partial charge in [0.05, 0.1) is 0 Å². The summed E-state index contributed by atoms with van der Waals surface area (Å²) in [5.41, 5.74) is 7.30. The van der Waals surface area contributed by atoms with E-state index in [-0.39, 0.29) is 0 Å². The third kappa shape index (κ3) is 2.72. The predicted octanol–water partition coefficient (Wildman–Crippen LogP) is 3.40. The SMILES string of the molecule is CN(Cc1ccc2ccccc2c1)C1CCCC1CN. The lowest BCUT2D eigenvalue weighted by atomic mass is 10.0. The quantitative estimate of drug-likeness (QED) is 0.921. The molecule has 1 aliphatic carbocycles. The van der Waals surface area contributed by atoms with Crippen LogP contribution in [0.15, 0.2) is 42.5 Å². The molecule has 1 saturated carbocycles. The molecule has 1 fully saturated rings. The lowest BCUT2D eigenvalue weighted by Gasteiger charge is -2.29. The van der Waals surface area contributed by atoms with Gasteiger partial charge < -0.3 is 5.73 Å². The lowest BCUT2D eigenvalue weighted by molar-refractivity contribution is 0.193. The molecule has 0 heterocycles. The van der Waals surface area contributed by atoms with Crippen LogP contribution >= 0.6 is 0 Å². The van der Waals surface area contributed by atoms with Crippen molar-refractivity contribution < 1.29 is 0 Å². The van der Waals surface area contributed by atoms with E-state index in [2.05, 4.69) is 54.4 Å². The van der Waals surface area contributed by atoms with E-state index in [1.807, 2.05) is 0 Å². The molecule has 20 heavy (non-hydrogen) atoms. The first-order valence-corrected chi connectivity index (χ1v) is 7.66. The summed E-state index contributed by atoms with van der Waals surface area (Å²) < 4.78 is 0. The van der Waals surface area contributed by atoms with Crippen molar-refractivity contribution in [3.8, 4) is 0 Å². The first-order valence-electron chi connectivity index (χ1n) is 7.66. The molecule has 2 atom stereocenters. The van der Waals surface area contributed by atoms with E-state index in [1.165, 1.54) is 35.6 Å². The molecule has 3 rings (SSSR count). The Balaban J connectivity index is 1.75.